The van der Waals surface area contributed by atoms with Crippen LogP contribution >= 0.6 is 23.2 Å². The van der Waals surface area contributed by atoms with Gasteiger partial charge in [-0.05, 0) is 29.2 Å². The van der Waals surface area contributed by atoms with Gasteiger partial charge < -0.3 is 0 Å². The van der Waals surface area contributed by atoms with E-state index in [1.54, 1.807) is 6.20 Å². The van der Waals surface area contributed by atoms with Crippen molar-refractivity contribution in [2.24, 2.45) is 5.41 Å². The first kappa shape index (κ1) is 14.4. The standard InChI is InChI=1S/C16H17Cl2N/c1-16(2,3)15(18)13-5-4-10-19-14(13)11-6-8-12(17)9-7-11/h4-10,15H,1-3H3. The molecule has 0 amide bonds. The molecule has 0 saturated carbocycles. The summed E-state index contributed by atoms with van der Waals surface area (Å²) in [4.78, 5) is 4.49. The molecule has 3 heteroatoms. The number of pyridine rings is 1. The Bertz CT molecular complexity index is 556. The van der Waals surface area contributed by atoms with Crippen LogP contribution in [0.25, 0.3) is 11.3 Å². The molecular formula is C16H17Cl2N. The molecule has 1 aromatic heterocycles. The molecule has 0 aliphatic carbocycles. The molecule has 2 aromatic rings. The van der Waals surface area contributed by atoms with Crippen molar-refractivity contribution in [1.82, 2.24) is 4.98 Å². The van der Waals surface area contributed by atoms with E-state index in [-0.39, 0.29) is 10.8 Å². The molecule has 1 heterocycles. The predicted octanol–water partition coefficient (Wildman–Crippen LogP) is 5.73. The van der Waals surface area contributed by atoms with Gasteiger partial charge in [-0.15, -0.1) is 11.6 Å². The van der Waals surface area contributed by atoms with Crippen molar-refractivity contribution >= 4 is 23.2 Å². The van der Waals surface area contributed by atoms with Crippen molar-refractivity contribution in [3.8, 4) is 11.3 Å². The molecule has 0 aliphatic rings. The van der Waals surface area contributed by atoms with Gasteiger partial charge in [0.2, 0.25) is 0 Å². The predicted molar refractivity (Wildman–Crippen MR) is 82.7 cm³/mol. The lowest BCUT2D eigenvalue weighted by Gasteiger charge is -2.26. The third-order valence-electron chi connectivity index (χ3n) is 2.99. The van der Waals surface area contributed by atoms with Gasteiger partial charge in [-0.1, -0.05) is 50.6 Å². The van der Waals surface area contributed by atoms with E-state index in [4.69, 9.17) is 23.2 Å². The van der Waals surface area contributed by atoms with Crippen LogP contribution in [0.5, 0.6) is 0 Å². The summed E-state index contributed by atoms with van der Waals surface area (Å²) in [6.45, 7) is 6.38. The average Bonchev–Trinajstić information content (AvgIpc) is 2.38. The number of nitrogens with zero attached hydrogens (tertiary/aromatic N) is 1. The van der Waals surface area contributed by atoms with E-state index >= 15 is 0 Å². The van der Waals surface area contributed by atoms with Crippen molar-refractivity contribution in [2.45, 2.75) is 26.1 Å². The lowest BCUT2D eigenvalue weighted by Crippen LogP contribution is -2.14. The monoisotopic (exact) mass is 293 g/mol. The largest absolute Gasteiger partial charge is 0.256 e. The second-order valence-corrected chi connectivity index (χ2v) is 6.55. The zero-order valence-electron chi connectivity index (χ0n) is 11.3. The van der Waals surface area contributed by atoms with Gasteiger partial charge in [0, 0.05) is 16.8 Å². The van der Waals surface area contributed by atoms with Gasteiger partial charge in [0.05, 0.1) is 11.1 Å². The molecule has 0 bridgehead atoms. The van der Waals surface area contributed by atoms with Crippen LogP contribution in [0.1, 0.15) is 31.7 Å². The van der Waals surface area contributed by atoms with E-state index in [1.807, 2.05) is 36.4 Å². The topological polar surface area (TPSA) is 12.9 Å². The van der Waals surface area contributed by atoms with Gasteiger partial charge in [-0.3, -0.25) is 4.98 Å². The van der Waals surface area contributed by atoms with Crippen molar-refractivity contribution in [2.75, 3.05) is 0 Å². The van der Waals surface area contributed by atoms with Crippen LogP contribution in [0.2, 0.25) is 5.02 Å². The van der Waals surface area contributed by atoms with Gasteiger partial charge in [-0.25, -0.2) is 0 Å². The van der Waals surface area contributed by atoms with Crippen LogP contribution < -0.4 is 0 Å². The zero-order chi connectivity index (χ0) is 14.0. The van der Waals surface area contributed by atoms with Crippen molar-refractivity contribution in [3.05, 3.63) is 53.2 Å². The van der Waals surface area contributed by atoms with Crippen LogP contribution in [-0.2, 0) is 0 Å². The number of alkyl halides is 1. The van der Waals surface area contributed by atoms with Crippen LogP contribution in [0.15, 0.2) is 42.6 Å². The number of aromatic nitrogens is 1. The zero-order valence-corrected chi connectivity index (χ0v) is 12.8. The minimum Gasteiger partial charge on any atom is -0.256 e. The maximum atomic E-state index is 6.60. The highest BCUT2D eigenvalue weighted by molar-refractivity contribution is 6.30. The average molecular weight is 294 g/mol. The highest BCUT2D eigenvalue weighted by Gasteiger charge is 2.26. The molecule has 2 rings (SSSR count). The molecule has 1 atom stereocenters. The second kappa shape index (κ2) is 5.52. The minimum absolute atomic E-state index is 0.0221. The van der Waals surface area contributed by atoms with Gasteiger partial charge in [0.25, 0.3) is 0 Å². The molecule has 0 radical (unpaired) electrons. The van der Waals surface area contributed by atoms with Crippen molar-refractivity contribution in [3.63, 3.8) is 0 Å². The summed E-state index contributed by atoms with van der Waals surface area (Å²) in [5, 5.41) is 0.631. The Kier molecular flexibility index (Phi) is 4.17. The molecule has 0 fully saturated rings. The third-order valence-corrected chi connectivity index (χ3v) is 4.13. The number of halogens is 2. The fourth-order valence-electron chi connectivity index (χ4n) is 1.94. The quantitative estimate of drug-likeness (QED) is 0.645. The summed E-state index contributed by atoms with van der Waals surface area (Å²) in [7, 11) is 0. The van der Waals surface area contributed by atoms with Gasteiger partial charge in [0.1, 0.15) is 0 Å². The molecule has 1 unspecified atom stereocenters. The maximum Gasteiger partial charge on any atom is 0.0749 e. The van der Waals surface area contributed by atoms with E-state index in [9.17, 15) is 0 Å². The van der Waals surface area contributed by atoms with Crippen molar-refractivity contribution < 1.29 is 0 Å². The summed E-state index contributed by atoms with van der Waals surface area (Å²) in [5.74, 6) is 0. The smallest absolute Gasteiger partial charge is 0.0749 e. The van der Waals surface area contributed by atoms with Gasteiger partial charge >= 0.3 is 0 Å². The molecule has 0 saturated heterocycles. The van der Waals surface area contributed by atoms with E-state index < -0.39 is 0 Å². The highest BCUT2D eigenvalue weighted by atomic mass is 35.5. The summed E-state index contributed by atoms with van der Waals surface area (Å²) >= 11 is 12.5. The van der Waals surface area contributed by atoms with Crippen LogP contribution in [0.4, 0.5) is 0 Å². The molecule has 1 nitrogen and oxygen atoms in total. The summed E-state index contributed by atoms with van der Waals surface area (Å²) < 4.78 is 0. The first-order valence-corrected chi connectivity index (χ1v) is 7.06. The number of hydrogen-bond acceptors (Lipinski definition) is 1. The molecule has 0 N–H and O–H groups in total. The van der Waals surface area contributed by atoms with E-state index in [0.29, 0.717) is 0 Å². The van der Waals surface area contributed by atoms with Gasteiger partial charge in [-0.2, -0.15) is 0 Å². The van der Waals surface area contributed by atoms with Crippen molar-refractivity contribution in [1.29, 1.82) is 0 Å². The second-order valence-electron chi connectivity index (χ2n) is 5.68. The van der Waals surface area contributed by atoms with Crippen LogP contribution in [0, 0.1) is 5.41 Å². The number of benzene rings is 1. The first-order valence-electron chi connectivity index (χ1n) is 6.24. The Labute approximate surface area is 124 Å². The number of rotatable bonds is 2. The first-order chi connectivity index (χ1) is 8.89. The third kappa shape index (κ3) is 3.29. The summed E-state index contributed by atoms with van der Waals surface area (Å²) in [6, 6.07) is 11.7. The molecule has 0 spiro atoms. The molecule has 1 aromatic carbocycles. The van der Waals surface area contributed by atoms with Gasteiger partial charge in [0.15, 0.2) is 0 Å². The van der Waals surface area contributed by atoms with Crippen LogP contribution in [0.3, 0.4) is 0 Å². The Balaban J connectivity index is 2.50. The molecule has 100 valence electrons. The fourth-order valence-corrected chi connectivity index (χ4v) is 2.24. The number of hydrogen-bond donors (Lipinski definition) is 0. The lowest BCUT2D eigenvalue weighted by atomic mass is 9.86. The Morgan fingerprint density at radius 2 is 1.68 bits per heavy atom. The van der Waals surface area contributed by atoms with Crippen LogP contribution in [-0.4, -0.2) is 4.98 Å². The summed E-state index contributed by atoms with van der Waals surface area (Å²) in [6.07, 6.45) is 1.79. The van der Waals surface area contributed by atoms with E-state index in [2.05, 4.69) is 25.8 Å². The minimum atomic E-state index is -0.0909. The maximum absolute atomic E-state index is 6.60. The Morgan fingerprint density at radius 1 is 1.05 bits per heavy atom. The molecule has 19 heavy (non-hydrogen) atoms. The normalized spacial score (nSPS) is 13.3. The Hall–Kier alpha value is -1.05. The Morgan fingerprint density at radius 3 is 2.26 bits per heavy atom. The SMILES string of the molecule is CC(C)(C)C(Cl)c1cccnc1-c1ccc(Cl)cc1. The molecular weight excluding hydrogens is 277 g/mol. The summed E-state index contributed by atoms with van der Waals surface area (Å²) in [5.41, 5.74) is 2.99. The van der Waals surface area contributed by atoms with E-state index in [0.717, 1.165) is 21.8 Å². The highest BCUT2D eigenvalue weighted by Crippen LogP contribution is 2.41. The lowest BCUT2D eigenvalue weighted by molar-refractivity contribution is 0.396. The fraction of sp³-hybridized carbons (Fsp3) is 0.312. The van der Waals surface area contributed by atoms with E-state index in [1.165, 1.54) is 0 Å². The molecule has 0 aliphatic heterocycles.